The Morgan fingerprint density at radius 3 is 2.57 bits per heavy atom. The van der Waals surface area contributed by atoms with Gasteiger partial charge in [0.15, 0.2) is 0 Å². The van der Waals surface area contributed by atoms with Gasteiger partial charge in [0.05, 0.1) is 0 Å². The van der Waals surface area contributed by atoms with Crippen LogP contribution in [0.1, 0.15) is 19.5 Å². The zero-order valence-electron chi connectivity index (χ0n) is 8.50. The summed E-state index contributed by atoms with van der Waals surface area (Å²) in [6.45, 7) is 4.40. The summed E-state index contributed by atoms with van der Waals surface area (Å²) in [5, 5.41) is 0. The predicted octanol–water partition coefficient (Wildman–Crippen LogP) is 3.90. The molecule has 1 nitrogen and oxygen atoms in total. The number of alkyl halides is 1. The summed E-state index contributed by atoms with van der Waals surface area (Å²) in [7, 11) is 0. The minimum absolute atomic E-state index is 0.519. The molecule has 0 N–H and O–H groups in total. The third kappa shape index (κ3) is 3.58. The maximum Gasteiger partial charge on any atom is 0.0413 e. The Kier molecular flexibility index (Phi) is 4.90. The Labute approximate surface area is 99.0 Å². The summed E-state index contributed by atoms with van der Waals surface area (Å²) >= 11 is 9.28. The largest absolute Gasteiger partial charge is 0.260 e. The Morgan fingerprint density at radius 1 is 1.43 bits per heavy atom. The molecular weight excluding hydrogens is 261 g/mol. The van der Waals surface area contributed by atoms with Crippen molar-refractivity contribution in [1.29, 1.82) is 0 Å². The van der Waals surface area contributed by atoms with Gasteiger partial charge in [-0.1, -0.05) is 13.8 Å². The molecule has 1 atom stereocenters. The maximum absolute atomic E-state index is 5.91. The van der Waals surface area contributed by atoms with Crippen molar-refractivity contribution in [3.05, 3.63) is 28.5 Å². The first-order chi connectivity index (χ1) is 6.63. The van der Waals surface area contributed by atoms with Gasteiger partial charge >= 0.3 is 0 Å². The SMILES string of the molecule is CC(C)C(CCl)Cc1ccc(Br)cn1. The van der Waals surface area contributed by atoms with Crippen molar-refractivity contribution in [2.24, 2.45) is 11.8 Å². The van der Waals surface area contributed by atoms with Gasteiger partial charge < -0.3 is 0 Å². The summed E-state index contributed by atoms with van der Waals surface area (Å²) in [5.74, 6) is 1.83. The van der Waals surface area contributed by atoms with E-state index in [0.29, 0.717) is 17.7 Å². The molecule has 3 heteroatoms. The van der Waals surface area contributed by atoms with Crippen LogP contribution in [0.15, 0.2) is 22.8 Å². The maximum atomic E-state index is 5.91. The van der Waals surface area contributed by atoms with E-state index >= 15 is 0 Å². The van der Waals surface area contributed by atoms with Gasteiger partial charge in [-0.05, 0) is 46.3 Å². The standard InChI is InChI=1S/C11H15BrClN/c1-8(2)9(6-13)5-11-4-3-10(12)7-14-11/h3-4,7-9H,5-6H2,1-2H3. The van der Waals surface area contributed by atoms with Crippen molar-refractivity contribution < 1.29 is 0 Å². The molecule has 1 heterocycles. The van der Waals surface area contributed by atoms with Crippen molar-refractivity contribution >= 4 is 27.5 Å². The van der Waals surface area contributed by atoms with Crippen molar-refractivity contribution in [2.75, 3.05) is 5.88 Å². The lowest BCUT2D eigenvalue weighted by Crippen LogP contribution is -2.14. The molecule has 0 radical (unpaired) electrons. The van der Waals surface area contributed by atoms with Crippen LogP contribution in [0.3, 0.4) is 0 Å². The van der Waals surface area contributed by atoms with Crippen LogP contribution in [0.2, 0.25) is 0 Å². The Morgan fingerprint density at radius 2 is 2.14 bits per heavy atom. The molecule has 1 aromatic rings. The van der Waals surface area contributed by atoms with Gasteiger partial charge in [-0.15, -0.1) is 11.6 Å². The van der Waals surface area contributed by atoms with Crippen LogP contribution < -0.4 is 0 Å². The molecule has 1 rings (SSSR count). The molecule has 0 aliphatic rings. The highest BCUT2D eigenvalue weighted by Crippen LogP contribution is 2.18. The molecule has 0 saturated carbocycles. The van der Waals surface area contributed by atoms with E-state index in [4.69, 9.17) is 11.6 Å². The lowest BCUT2D eigenvalue weighted by Gasteiger charge is -2.17. The van der Waals surface area contributed by atoms with Crippen molar-refractivity contribution in [1.82, 2.24) is 4.98 Å². The third-order valence-electron chi connectivity index (χ3n) is 2.40. The van der Waals surface area contributed by atoms with E-state index in [9.17, 15) is 0 Å². The second-order valence-corrected chi connectivity index (χ2v) is 5.05. The van der Waals surface area contributed by atoms with Gasteiger partial charge in [-0.25, -0.2) is 0 Å². The lowest BCUT2D eigenvalue weighted by molar-refractivity contribution is 0.418. The Balaban J connectivity index is 2.63. The zero-order chi connectivity index (χ0) is 10.6. The van der Waals surface area contributed by atoms with Crippen molar-refractivity contribution in [2.45, 2.75) is 20.3 Å². The van der Waals surface area contributed by atoms with Crippen LogP contribution in [-0.2, 0) is 6.42 Å². The smallest absolute Gasteiger partial charge is 0.0413 e. The minimum Gasteiger partial charge on any atom is -0.260 e. The fraction of sp³-hybridized carbons (Fsp3) is 0.545. The third-order valence-corrected chi connectivity index (χ3v) is 3.27. The highest BCUT2D eigenvalue weighted by Gasteiger charge is 2.13. The Bertz CT molecular complexity index is 271. The second-order valence-electron chi connectivity index (χ2n) is 3.83. The van der Waals surface area contributed by atoms with Gasteiger partial charge in [0, 0.05) is 22.2 Å². The summed E-state index contributed by atoms with van der Waals surface area (Å²) in [6.07, 6.45) is 2.80. The first kappa shape index (κ1) is 12.0. The molecular formula is C11H15BrClN. The zero-order valence-corrected chi connectivity index (χ0v) is 10.8. The summed E-state index contributed by atoms with van der Waals surface area (Å²) in [4.78, 5) is 4.34. The van der Waals surface area contributed by atoms with Gasteiger partial charge in [0.1, 0.15) is 0 Å². The van der Waals surface area contributed by atoms with E-state index in [1.807, 2.05) is 18.3 Å². The molecule has 0 aliphatic heterocycles. The van der Waals surface area contributed by atoms with Crippen LogP contribution in [0.5, 0.6) is 0 Å². The van der Waals surface area contributed by atoms with Crippen molar-refractivity contribution in [3.63, 3.8) is 0 Å². The molecule has 0 saturated heterocycles. The number of pyridine rings is 1. The van der Waals surface area contributed by atoms with Gasteiger partial charge in [-0.3, -0.25) is 4.98 Å². The van der Waals surface area contributed by atoms with Crippen LogP contribution in [-0.4, -0.2) is 10.9 Å². The molecule has 0 aliphatic carbocycles. The quantitative estimate of drug-likeness (QED) is 0.760. The topological polar surface area (TPSA) is 12.9 Å². The number of rotatable bonds is 4. The number of hydrogen-bond acceptors (Lipinski definition) is 1. The van der Waals surface area contributed by atoms with E-state index in [-0.39, 0.29) is 0 Å². The molecule has 0 fully saturated rings. The molecule has 0 amide bonds. The fourth-order valence-electron chi connectivity index (χ4n) is 1.26. The number of nitrogens with zero attached hydrogens (tertiary/aromatic N) is 1. The molecule has 0 bridgehead atoms. The van der Waals surface area contributed by atoms with E-state index in [1.54, 1.807) is 0 Å². The monoisotopic (exact) mass is 275 g/mol. The van der Waals surface area contributed by atoms with Crippen LogP contribution >= 0.6 is 27.5 Å². The van der Waals surface area contributed by atoms with E-state index in [1.165, 1.54) is 0 Å². The van der Waals surface area contributed by atoms with E-state index in [0.717, 1.165) is 16.6 Å². The normalized spacial score (nSPS) is 13.2. The number of hydrogen-bond donors (Lipinski definition) is 0. The minimum atomic E-state index is 0.519. The second kappa shape index (κ2) is 5.72. The first-order valence-electron chi connectivity index (χ1n) is 4.80. The molecule has 14 heavy (non-hydrogen) atoms. The number of halogens is 2. The van der Waals surface area contributed by atoms with Crippen molar-refractivity contribution in [3.8, 4) is 0 Å². The highest BCUT2D eigenvalue weighted by molar-refractivity contribution is 9.10. The molecule has 78 valence electrons. The summed E-state index contributed by atoms with van der Waals surface area (Å²) < 4.78 is 1.02. The van der Waals surface area contributed by atoms with Crippen LogP contribution in [0, 0.1) is 11.8 Å². The lowest BCUT2D eigenvalue weighted by atomic mass is 9.93. The first-order valence-corrected chi connectivity index (χ1v) is 6.12. The predicted molar refractivity (Wildman–Crippen MR) is 64.7 cm³/mol. The highest BCUT2D eigenvalue weighted by atomic mass is 79.9. The number of aromatic nitrogens is 1. The van der Waals surface area contributed by atoms with Crippen LogP contribution in [0.4, 0.5) is 0 Å². The molecule has 1 aromatic heterocycles. The Hall–Kier alpha value is -0.0800. The molecule has 0 spiro atoms. The molecule has 0 aromatic carbocycles. The summed E-state index contributed by atoms with van der Waals surface area (Å²) in [5.41, 5.74) is 1.12. The summed E-state index contributed by atoms with van der Waals surface area (Å²) in [6, 6.07) is 4.07. The van der Waals surface area contributed by atoms with Crippen LogP contribution in [0.25, 0.3) is 0 Å². The average Bonchev–Trinajstić information content (AvgIpc) is 2.16. The van der Waals surface area contributed by atoms with Gasteiger partial charge in [0.25, 0.3) is 0 Å². The average molecular weight is 277 g/mol. The van der Waals surface area contributed by atoms with E-state index < -0.39 is 0 Å². The van der Waals surface area contributed by atoms with E-state index in [2.05, 4.69) is 34.8 Å². The molecule has 1 unspecified atom stereocenters. The van der Waals surface area contributed by atoms with Gasteiger partial charge in [0.2, 0.25) is 0 Å². The van der Waals surface area contributed by atoms with Gasteiger partial charge in [-0.2, -0.15) is 0 Å². The fourth-order valence-corrected chi connectivity index (χ4v) is 1.96.